The SMILES string of the molecule is Fc1ccc(N2CC3(C2)CN(c2nnc4n2-c2ccc(Cl)cc2CN(C2CC2)C4)C3)nc1F. The molecule has 33 heavy (non-hydrogen) atoms. The maximum absolute atomic E-state index is 13.5. The molecule has 0 bridgehead atoms. The highest BCUT2D eigenvalue weighted by atomic mass is 35.5. The Labute approximate surface area is 194 Å². The molecule has 0 N–H and O–H groups in total. The number of hydrogen-bond donors (Lipinski definition) is 0. The second-order valence-electron chi connectivity index (χ2n) is 9.82. The van der Waals surface area contributed by atoms with Crippen molar-refractivity contribution in [2.24, 2.45) is 5.41 Å². The molecular weight excluding hydrogens is 448 g/mol. The molecule has 7 rings (SSSR count). The van der Waals surface area contributed by atoms with Gasteiger partial charge in [-0.05, 0) is 48.7 Å². The van der Waals surface area contributed by atoms with Gasteiger partial charge in [0.25, 0.3) is 5.95 Å². The van der Waals surface area contributed by atoms with Crippen molar-refractivity contribution in [3.05, 3.63) is 58.5 Å². The summed E-state index contributed by atoms with van der Waals surface area (Å²) in [6.07, 6.45) is 2.46. The minimum absolute atomic E-state index is 0.118. The first-order valence-corrected chi connectivity index (χ1v) is 11.6. The van der Waals surface area contributed by atoms with Crippen LogP contribution in [0.25, 0.3) is 5.69 Å². The van der Waals surface area contributed by atoms with E-state index in [0.29, 0.717) is 11.9 Å². The number of benzene rings is 1. The fourth-order valence-electron chi connectivity index (χ4n) is 5.53. The summed E-state index contributed by atoms with van der Waals surface area (Å²) in [6.45, 7) is 4.87. The molecule has 2 aromatic heterocycles. The van der Waals surface area contributed by atoms with E-state index < -0.39 is 11.8 Å². The Morgan fingerprint density at radius 1 is 0.939 bits per heavy atom. The maximum atomic E-state index is 13.5. The molecule has 5 heterocycles. The first-order valence-electron chi connectivity index (χ1n) is 11.3. The lowest BCUT2D eigenvalue weighted by Gasteiger charge is -2.60. The Kier molecular flexibility index (Phi) is 4.09. The third-order valence-corrected chi connectivity index (χ3v) is 7.51. The molecule has 1 aliphatic carbocycles. The average Bonchev–Trinajstić information content (AvgIpc) is 3.52. The molecule has 3 fully saturated rings. The summed E-state index contributed by atoms with van der Waals surface area (Å²) in [5.41, 5.74) is 2.41. The van der Waals surface area contributed by atoms with Gasteiger partial charge in [0, 0.05) is 49.2 Å². The van der Waals surface area contributed by atoms with E-state index in [0.717, 1.165) is 67.8 Å². The van der Waals surface area contributed by atoms with E-state index in [1.807, 2.05) is 11.0 Å². The standard InChI is InChI=1S/C23H22ClF2N7/c24-15-1-5-18-14(7-15)8-30(16-2-3-16)9-20-28-29-22(33(18)20)32-12-23(13-32)10-31(11-23)19-6-4-17(25)21(26)27-19/h1,4-7,16H,2-3,8-13H2. The summed E-state index contributed by atoms with van der Waals surface area (Å²) < 4.78 is 28.9. The van der Waals surface area contributed by atoms with Gasteiger partial charge < -0.3 is 9.80 Å². The van der Waals surface area contributed by atoms with Crippen molar-refractivity contribution in [2.45, 2.75) is 32.0 Å². The Morgan fingerprint density at radius 2 is 1.73 bits per heavy atom. The van der Waals surface area contributed by atoms with Crippen LogP contribution in [0.4, 0.5) is 20.5 Å². The topological polar surface area (TPSA) is 53.3 Å². The van der Waals surface area contributed by atoms with E-state index in [2.05, 4.69) is 41.7 Å². The number of pyridine rings is 1. The van der Waals surface area contributed by atoms with E-state index in [4.69, 9.17) is 11.6 Å². The van der Waals surface area contributed by atoms with Crippen molar-refractivity contribution in [2.75, 3.05) is 36.0 Å². The van der Waals surface area contributed by atoms with Crippen LogP contribution in [0, 0.1) is 17.2 Å². The van der Waals surface area contributed by atoms with Gasteiger partial charge in [-0.25, -0.2) is 4.39 Å². The van der Waals surface area contributed by atoms with Gasteiger partial charge in [0.15, 0.2) is 11.6 Å². The van der Waals surface area contributed by atoms with Gasteiger partial charge in [-0.15, -0.1) is 10.2 Å². The van der Waals surface area contributed by atoms with E-state index >= 15 is 0 Å². The van der Waals surface area contributed by atoms with E-state index in [1.54, 1.807) is 0 Å². The van der Waals surface area contributed by atoms with Crippen LogP contribution in [0.1, 0.15) is 24.2 Å². The van der Waals surface area contributed by atoms with Crippen LogP contribution >= 0.6 is 11.6 Å². The number of fused-ring (bicyclic) bond motifs is 3. The van der Waals surface area contributed by atoms with Crippen LogP contribution in [0.15, 0.2) is 30.3 Å². The highest BCUT2D eigenvalue weighted by molar-refractivity contribution is 6.30. The average molecular weight is 470 g/mol. The molecule has 3 aromatic rings. The summed E-state index contributed by atoms with van der Waals surface area (Å²) >= 11 is 6.34. The quantitative estimate of drug-likeness (QED) is 0.548. The zero-order chi connectivity index (χ0) is 22.3. The third-order valence-electron chi connectivity index (χ3n) is 7.28. The molecule has 7 nitrogen and oxygen atoms in total. The van der Waals surface area contributed by atoms with Gasteiger partial charge in [-0.1, -0.05) is 11.6 Å². The van der Waals surface area contributed by atoms with Crippen molar-refractivity contribution in [1.29, 1.82) is 0 Å². The Bertz CT molecular complexity index is 1260. The predicted molar refractivity (Wildman–Crippen MR) is 120 cm³/mol. The molecule has 3 aliphatic heterocycles. The Morgan fingerprint density at radius 3 is 2.48 bits per heavy atom. The number of halogens is 3. The van der Waals surface area contributed by atoms with Gasteiger partial charge in [-0.2, -0.15) is 9.37 Å². The van der Waals surface area contributed by atoms with Crippen molar-refractivity contribution >= 4 is 23.4 Å². The van der Waals surface area contributed by atoms with Crippen molar-refractivity contribution in [3.8, 4) is 5.69 Å². The lowest BCUT2D eigenvalue weighted by Crippen LogP contribution is -2.73. The van der Waals surface area contributed by atoms with Crippen LogP contribution in [0.5, 0.6) is 0 Å². The molecule has 1 aromatic carbocycles. The first-order chi connectivity index (χ1) is 16.0. The maximum Gasteiger partial charge on any atom is 0.250 e. The van der Waals surface area contributed by atoms with Crippen LogP contribution in [0.3, 0.4) is 0 Å². The van der Waals surface area contributed by atoms with Gasteiger partial charge in [-0.3, -0.25) is 9.47 Å². The fourth-order valence-corrected chi connectivity index (χ4v) is 5.72. The molecule has 1 spiro atoms. The van der Waals surface area contributed by atoms with Crippen molar-refractivity contribution < 1.29 is 8.78 Å². The van der Waals surface area contributed by atoms with E-state index in [1.165, 1.54) is 24.5 Å². The van der Waals surface area contributed by atoms with Crippen molar-refractivity contribution in [1.82, 2.24) is 24.6 Å². The minimum Gasteiger partial charge on any atom is -0.355 e. The number of hydrogen-bond acceptors (Lipinski definition) is 6. The molecule has 0 unspecified atom stereocenters. The molecular formula is C23H22ClF2N7. The predicted octanol–water partition coefficient (Wildman–Crippen LogP) is 3.40. The second kappa shape index (κ2) is 6.87. The van der Waals surface area contributed by atoms with Crippen molar-refractivity contribution in [3.63, 3.8) is 0 Å². The summed E-state index contributed by atoms with van der Waals surface area (Å²) in [5.74, 6) is 0.341. The smallest absolute Gasteiger partial charge is 0.250 e. The summed E-state index contributed by atoms with van der Waals surface area (Å²) in [5, 5.41) is 9.90. The number of rotatable bonds is 3. The molecule has 2 saturated heterocycles. The highest BCUT2D eigenvalue weighted by Gasteiger charge is 2.53. The largest absolute Gasteiger partial charge is 0.355 e. The normalized spacial score (nSPS) is 21.3. The number of aromatic nitrogens is 4. The third kappa shape index (κ3) is 3.13. The lowest BCUT2D eigenvalue weighted by atomic mass is 9.73. The molecule has 170 valence electrons. The van der Waals surface area contributed by atoms with Gasteiger partial charge >= 0.3 is 0 Å². The molecule has 4 aliphatic rings. The number of anilines is 2. The molecule has 1 saturated carbocycles. The van der Waals surface area contributed by atoms with Gasteiger partial charge in [0.05, 0.1) is 12.2 Å². The van der Waals surface area contributed by atoms with Crippen LogP contribution in [-0.2, 0) is 13.1 Å². The zero-order valence-electron chi connectivity index (χ0n) is 17.9. The van der Waals surface area contributed by atoms with Crippen LogP contribution in [-0.4, -0.2) is 56.9 Å². The van der Waals surface area contributed by atoms with Gasteiger partial charge in [0.1, 0.15) is 5.82 Å². The second-order valence-corrected chi connectivity index (χ2v) is 10.3. The monoisotopic (exact) mass is 469 g/mol. The van der Waals surface area contributed by atoms with Crippen LogP contribution in [0.2, 0.25) is 5.02 Å². The number of nitrogens with zero attached hydrogens (tertiary/aromatic N) is 7. The summed E-state index contributed by atoms with van der Waals surface area (Å²) in [4.78, 5) is 10.5. The minimum atomic E-state index is -1.05. The molecule has 0 radical (unpaired) electrons. The molecule has 0 amide bonds. The lowest BCUT2D eigenvalue weighted by molar-refractivity contribution is 0.153. The molecule has 0 atom stereocenters. The Hall–Kier alpha value is -2.78. The summed E-state index contributed by atoms with van der Waals surface area (Å²) in [7, 11) is 0. The molecule has 10 heteroatoms. The highest BCUT2D eigenvalue weighted by Crippen LogP contribution is 2.44. The Balaban J connectivity index is 1.13. The first kappa shape index (κ1) is 19.7. The van der Waals surface area contributed by atoms with E-state index in [9.17, 15) is 8.78 Å². The fraction of sp³-hybridized carbons (Fsp3) is 0.435. The zero-order valence-corrected chi connectivity index (χ0v) is 18.6. The van der Waals surface area contributed by atoms with E-state index in [-0.39, 0.29) is 5.41 Å². The van der Waals surface area contributed by atoms with Gasteiger partial charge in [0.2, 0.25) is 5.95 Å². The summed E-state index contributed by atoms with van der Waals surface area (Å²) in [6, 6.07) is 9.34. The van der Waals surface area contributed by atoms with Crippen LogP contribution < -0.4 is 9.80 Å².